The average Bonchev–Trinajstić information content (AvgIpc) is 2.29. The van der Waals surface area contributed by atoms with E-state index in [1.807, 2.05) is 0 Å². The van der Waals surface area contributed by atoms with Crippen LogP contribution in [0, 0.1) is 0 Å². The van der Waals surface area contributed by atoms with E-state index in [0.717, 1.165) is 45.7 Å². The van der Waals surface area contributed by atoms with E-state index >= 15 is 0 Å². The third kappa shape index (κ3) is 10.8. The third-order valence-electron chi connectivity index (χ3n) is 2.45. The molecule has 0 atom stereocenters. The van der Waals surface area contributed by atoms with E-state index in [1.54, 1.807) is 0 Å². The minimum Gasteiger partial charge on any atom is -0.381 e. The second-order valence-corrected chi connectivity index (χ2v) is 3.73. The fraction of sp³-hybridized carbons (Fsp3) is 0.917. The van der Waals surface area contributed by atoms with Gasteiger partial charge in [0.1, 0.15) is 0 Å². The van der Waals surface area contributed by atoms with Crippen molar-refractivity contribution in [3.8, 4) is 0 Å². The maximum absolute atomic E-state index is 5.84. The highest BCUT2D eigenvalue weighted by Gasteiger charge is 2.00. The molecule has 0 fully saturated rings. The van der Waals surface area contributed by atoms with Gasteiger partial charge in [-0.15, -0.1) is 24.0 Å². The maximum atomic E-state index is 5.84. The highest BCUT2D eigenvalue weighted by molar-refractivity contribution is 14.0. The van der Waals surface area contributed by atoms with Crippen LogP contribution < -0.4 is 5.73 Å². The van der Waals surface area contributed by atoms with E-state index in [9.17, 15) is 0 Å². The Hall–Kier alpha value is -0.0400. The average molecular weight is 357 g/mol. The topological polar surface area (TPSA) is 50.9 Å². The van der Waals surface area contributed by atoms with Crippen LogP contribution in [0.15, 0.2) is 4.99 Å². The summed E-state index contributed by atoms with van der Waals surface area (Å²) in [5.74, 6) is 0.651. The molecule has 0 heterocycles. The first-order chi connectivity index (χ1) is 7.76. The lowest BCUT2D eigenvalue weighted by molar-refractivity contribution is 0.130. The Kier molecular flexibility index (Phi) is 15.9. The Bertz CT molecular complexity index is 185. The van der Waals surface area contributed by atoms with Crippen molar-refractivity contribution in [3.05, 3.63) is 0 Å². The van der Waals surface area contributed by atoms with Crippen molar-refractivity contribution in [2.24, 2.45) is 10.7 Å². The molecular formula is C12H28IN3O. The Morgan fingerprint density at radius 3 is 2.24 bits per heavy atom. The van der Waals surface area contributed by atoms with Crippen molar-refractivity contribution >= 4 is 29.9 Å². The van der Waals surface area contributed by atoms with Gasteiger partial charge in [-0.3, -0.25) is 4.99 Å². The summed E-state index contributed by atoms with van der Waals surface area (Å²) in [4.78, 5) is 6.38. The molecule has 0 aliphatic heterocycles. The van der Waals surface area contributed by atoms with Gasteiger partial charge in [0, 0.05) is 32.8 Å². The molecule has 2 N–H and O–H groups in total. The Labute approximate surface area is 123 Å². The summed E-state index contributed by atoms with van der Waals surface area (Å²) in [5, 5.41) is 0. The number of rotatable bonds is 9. The first kappa shape index (κ1) is 19.3. The molecule has 0 unspecified atom stereocenters. The van der Waals surface area contributed by atoms with E-state index < -0.39 is 0 Å². The molecule has 0 bridgehead atoms. The fourth-order valence-electron chi connectivity index (χ4n) is 1.36. The van der Waals surface area contributed by atoms with Gasteiger partial charge >= 0.3 is 0 Å². The zero-order valence-corrected chi connectivity index (χ0v) is 13.8. The third-order valence-corrected chi connectivity index (χ3v) is 2.45. The summed E-state index contributed by atoms with van der Waals surface area (Å²) < 4.78 is 5.45. The lowest BCUT2D eigenvalue weighted by Gasteiger charge is -2.19. The number of guanidine groups is 1. The SMILES string of the molecule is CCCCOCCCN=C(N)N(CC)CC.I. The van der Waals surface area contributed by atoms with Gasteiger partial charge in [0.05, 0.1) is 0 Å². The van der Waals surface area contributed by atoms with Crippen molar-refractivity contribution in [2.45, 2.75) is 40.0 Å². The number of hydrogen-bond donors (Lipinski definition) is 1. The van der Waals surface area contributed by atoms with Gasteiger partial charge in [0.15, 0.2) is 5.96 Å². The summed E-state index contributed by atoms with van der Waals surface area (Å²) in [6, 6.07) is 0. The monoisotopic (exact) mass is 357 g/mol. The highest BCUT2D eigenvalue weighted by Crippen LogP contribution is 1.92. The number of nitrogens with two attached hydrogens (primary N) is 1. The van der Waals surface area contributed by atoms with Gasteiger partial charge in [-0.05, 0) is 26.7 Å². The van der Waals surface area contributed by atoms with E-state index in [2.05, 4.69) is 30.7 Å². The van der Waals surface area contributed by atoms with Gasteiger partial charge in [-0.25, -0.2) is 0 Å². The van der Waals surface area contributed by atoms with Gasteiger partial charge in [0.25, 0.3) is 0 Å². The van der Waals surface area contributed by atoms with Gasteiger partial charge in [0.2, 0.25) is 0 Å². The Morgan fingerprint density at radius 1 is 1.12 bits per heavy atom. The molecule has 17 heavy (non-hydrogen) atoms. The predicted octanol–water partition coefficient (Wildman–Crippen LogP) is 2.47. The molecule has 4 nitrogen and oxygen atoms in total. The number of aliphatic imine (C=N–C) groups is 1. The van der Waals surface area contributed by atoms with Crippen molar-refractivity contribution < 1.29 is 4.74 Å². The smallest absolute Gasteiger partial charge is 0.191 e. The first-order valence-electron chi connectivity index (χ1n) is 6.38. The first-order valence-corrected chi connectivity index (χ1v) is 6.38. The summed E-state index contributed by atoms with van der Waals surface area (Å²) in [5.41, 5.74) is 5.84. The van der Waals surface area contributed by atoms with E-state index in [-0.39, 0.29) is 24.0 Å². The quantitative estimate of drug-likeness (QED) is 0.299. The zero-order chi connectivity index (χ0) is 12.2. The molecule has 0 aromatic rings. The van der Waals surface area contributed by atoms with E-state index in [1.165, 1.54) is 6.42 Å². The largest absolute Gasteiger partial charge is 0.381 e. The Balaban J connectivity index is 0. The summed E-state index contributed by atoms with van der Waals surface area (Å²) in [6.07, 6.45) is 3.28. The molecule has 0 aromatic heterocycles. The molecule has 0 aromatic carbocycles. The van der Waals surface area contributed by atoms with E-state index in [4.69, 9.17) is 10.5 Å². The molecule has 0 rings (SSSR count). The minimum atomic E-state index is 0. The number of halogens is 1. The van der Waals surface area contributed by atoms with Crippen molar-refractivity contribution in [1.82, 2.24) is 4.90 Å². The van der Waals surface area contributed by atoms with Gasteiger partial charge < -0.3 is 15.4 Å². The van der Waals surface area contributed by atoms with Gasteiger partial charge in [-0.2, -0.15) is 0 Å². The van der Waals surface area contributed by atoms with E-state index in [0.29, 0.717) is 5.96 Å². The molecule has 0 saturated carbocycles. The van der Waals surface area contributed by atoms with Gasteiger partial charge in [-0.1, -0.05) is 13.3 Å². The summed E-state index contributed by atoms with van der Waals surface area (Å²) in [6.45, 7) is 10.6. The molecule has 0 amide bonds. The maximum Gasteiger partial charge on any atom is 0.191 e. The lowest BCUT2D eigenvalue weighted by Crippen LogP contribution is -2.37. The number of nitrogens with zero attached hydrogens (tertiary/aromatic N) is 2. The molecule has 0 radical (unpaired) electrons. The molecule has 5 heteroatoms. The number of hydrogen-bond acceptors (Lipinski definition) is 2. The predicted molar refractivity (Wildman–Crippen MR) is 85.2 cm³/mol. The van der Waals surface area contributed by atoms with Crippen LogP contribution in [0.4, 0.5) is 0 Å². The van der Waals surface area contributed by atoms with Crippen LogP contribution in [0.1, 0.15) is 40.0 Å². The number of unbranched alkanes of at least 4 members (excludes halogenated alkanes) is 1. The standard InChI is InChI=1S/C12H27N3O.HI/c1-4-7-10-16-11-8-9-14-12(13)15(5-2)6-3;/h4-11H2,1-3H3,(H2,13,14);1H. The van der Waals surface area contributed by atoms with Crippen molar-refractivity contribution in [1.29, 1.82) is 0 Å². The zero-order valence-electron chi connectivity index (χ0n) is 11.4. The second-order valence-electron chi connectivity index (χ2n) is 3.73. The molecule has 0 saturated heterocycles. The van der Waals surface area contributed by atoms with Crippen LogP contribution in [0.2, 0.25) is 0 Å². The van der Waals surface area contributed by atoms with Crippen LogP contribution >= 0.6 is 24.0 Å². The molecule has 104 valence electrons. The highest BCUT2D eigenvalue weighted by atomic mass is 127. The van der Waals surface area contributed by atoms with Crippen LogP contribution in [0.5, 0.6) is 0 Å². The molecular weight excluding hydrogens is 329 g/mol. The number of ether oxygens (including phenoxy) is 1. The van der Waals surface area contributed by atoms with Crippen LogP contribution in [-0.2, 0) is 4.74 Å². The van der Waals surface area contributed by atoms with Crippen LogP contribution in [0.25, 0.3) is 0 Å². The van der Waals surface area contributed by atoms with Crippen molar-refractivity contribution in [2.75, 3.05) is 32.8 Å². The molecule has 0 spiro atoms. The van der Waals surface area contributed by atoms with Crippen LogP contribution in [0.3, 0.4) is 0 Å². The van der Waals surface area contributed by atoms with Crippen molar-refractivity contribution in [3.63, 3.8) is 0 Å². The second kappa shape index (κ2) is 14.0. The fourth-order valence-corrected chi connectivity index (χ4v) is 1.36. The minimum absolute atomic E-state index is 0. The summed E-state index contributed by atoms with van der Waals surface area (Å²) >= 11 is 0. The summed E-state index contributed by atoms with van der Waals surface area (Å²) in [7, 11) is 0. The van der Waals surface area contributed by atoms with Crippen LogP contribution in [-0.4, -0.2) is 43.7 Å². The molecule has 0 aliphatic carbocycles. The normalized spacial score (nSPS) is 11.1. The Morgan fingerprint density at radius 2 is 1.71 bits per heavy atom. The molecule has 0 aliphatic rings. The lowest BCUT2D eigenvalue weighted by atomic mass is 10.4.